The average molecular weight is 312 g/mol. The number of halogens is 3. The van der Waals surface area contributed by atoms with Crippen molar-refractivity contribution >= 4 is 50.7 Å². The normalized spacial score (nSPS) is 9.87. The van der Waals surface area contributed by atoms with Gasteiger partial charge in [-0.15, -0.1) is 0 Å². The molecule has 0 saturated carbocycles. The highest BCUT2D eigenvalue weighted by atomic mass is 79.9. The Balaban J connectivity index is 2.81. The largest absolute Gasteiger partial charge is 0.374 e. The SMILES string of the molecule is CNC(=O)CNc1c(Cl)cc(Br)cc1Cl. The zero-order valence-electron chi connectivity index (χ0n) is 7.90. The summed E-state index contributed by atoms with van der Waals surface area (Å²) in [5.74, 6) is -0.134. The molecule has 6 heteroatoms. The van der Waals surface area contributed by atoms with Crippen LogP contribution in [0.15, 0.2) is 16.6 Å². The van der Waals surface area contributed by atoms with Gasteiger partial charge in [0, 0.05) is 11.5 Å². The standard InChI is InChI=1S/C9H9BrCl2N2O/c1-13-8(15)4-14-9-6(11)2-5(10)3-7(9)12/h2-3,14H,4H2,1H3,(H,13,15). The molecule has 0 bridgehead atoms. The summed E-state index contributed by atoms with van der Waals surface area (Å²) >= 11 is 15.2. The van der Waals surface area contributed by atoms with E-state index >= 15 is 0 Å². The Morgan fingerprint density at radius 1 is 1.40 bits per heavy atom. The van der Waals surface area contributed by atoms with E-state index in [1.54, 1.807) is 19.2 Å². The molecule has 82 valence electrons. The third kappa shape index (κ3) is 3.55. The maximum atomic E-state index is 11.0. The lowest BCUT2D eigenvalue weighted by atomic mass is 10.3. The summed E-state index contributed by atoms with van der Waals surface area (Å²) in [5.41, 5.74) is 0.560. The Morgan fingerprint density at radius 3 is 2.40 bits per heavy atom. The van der Waals surface area contributed by atoms with E-state index in [9.17, 15) is 4.79 Å². The van der Waals surface area contributed by atoms with Crippen LogP contribution in [0, 0.1) is 0 Å². The lowest BCUT2D eigenvalue weighted by molar-refractivity contribution is -0.118. The highest BCUT2D eigenvalue weighted by molar-refractivity contribution is 9.10. The predicted octanol–water partition coefficient (Wildman–Crippen LogP) is 2.91. The molecular weight excluding hydrogens is 303 g/mol. The molecule has 15 heavy (non-hydrogen) atoms. The zero-order chi connectivity index (χ0) is 11.4. The first-order valence-electron chi connectivity index (χ1n) is 4.13. The van der Waals surface area contributed by atoms with Crippen molar-refractivity contribution < 1.29 is 4.79 Å². The van der Waals surface area contributed by atoms with E-state index in [1.807, 2.05) is 0 Å². The van der Waals surface area contributed by atoms with Crippen LogP contribution in [0.5, 0.6) is 0 Å². The summed E-state index contributed by atoms with van der Waals surface area (Å²) in [4.78, 5) is 11.0. The molecule has 0 unspecified atom stereocenters. The van der Waals surface area contributed by atoms with Crippen molar-refractivity contribution in [1.82, 2.24) is 5.32 Å². The van der Waals surface area contributed by atoms with Crippen molar-refractivity contribution in [1.29, 1.82) is 0 Å². The Kier molecular flexibility index (Phi) is 4.70. The molecule has 0 aliphatic heterocycles. The van der Waals surface area contributed by atoms with Gasteiger partial charge in [-0.1, -0.05) is 39.1 Å². The van der Waals surface area contributed by atoms with Crippen molar-refractivity contribution in [2.75, 3.05) is 18.9 Å². The topological polar surface area (TPSA) is 41.1 Å². The third-order valence-electron chi connectivity index (χ3n) is 1.71. The van der Waals surface area contributed by atoms with E-state index in [1.165, 1.54) is 0 Å². The van der Waals surface area contributed by atoms with Crippen LogP contribution in [0.1, 0.15) is 0 Å². The highest BCUT2D eigenvalue weighted by Gasteiger charge is 2.08. The van der Waals surface area contributed by atoms with Gasteiger partial charge in [-0.25, -0.2) is 0 Å². The van der Waals surface area contributed by atoms with Gasteiger partial charge in [-0.3, -0.25) is 4.79 Å². The third-order valence-corrected chi connectivity index (χ3v) is 2.77. The van der Waals surface area contributed by atoms with Crippen LogP contribution in [0.3, 0.4) is 0 Å². The summed E-state index contributed by atoms with van der Waals surface area (Å²) in [6, 6.07) is 3.42. The first-order chi connectivity index (χ1) is 7.04. The molecule has 0 heterocycles. The smallest absolute Gasteiger partial charge is 0.239 e. The second-order valence-electron chi connectivity index (χ2n) is 2.77. The summed E-state index contributed by atoms with van der Waals surface area (Å²) in [7, 11) is 1.56. The van der Waals surface area contributed by atoms with Crippen LogP contribution in [-0.2, 0) is 4.79 Å². The number of nitrogens with one attached hydrogen (secondary N) is 2. The molecule has 1 amide bonds. The van der Waals surface area contributed by atoms with Crippen LogP contribution in [-0.4, -0.2) is 19.5 Å². The summed E-state index contributed by atoms with van der Waals surface area (Å²) < 4.78 is 0.794. The van der Waals surface area contributed by atoms with Gasteiger partial charge in [0.1, 0.15) is 0 Å². The molecule has 1 aromatic carbocycles. The van der Waals surface area contributed by atoms with Crippen LogP contribution < -0.4 is 10.6 Å². The van der Waals surface area contributed by atoms with Crippen molar-refractivity contribution in [3.05, 3.63) is 26.7 Å². The quantitative estimate of drug-likeness (QED) is 0.901. The Morgan fingerprint density at radius 2 is 1.93 bits per heavy atom. The predicted molar refractivity (Wildman–Crippen MR) is 66.7 cm³/mol. The molecule has 0 aliphatic rings. The van der Waals surface area contributed by atoms with Crippen LogP contribution in [0.25, 0.3) is 0 Å². The van der Waals surface area contributed by atoms with Gasteiger partial charge in [0.05, 0.1) is 22.3 Å². The number of benzene rings is 1. The van der Waals surface area contributed by atoms with E-state index < -0.39 is 0 Å². The first-order valence-corrected chi connectivity index (χ1v) is 5.68. The van der Waals surface area contributed by atoms with Crippen LogP contribution in [0.2, 0.25) is 10.0 Å². The lowest BCUT2D eigenvalue weighted by Crippen LogP contribution is -2.26. The number of rotatable bonds is 3. The van der Waals surface area contributed by atoms with Gasteiger partial charge >= 0.3 is 0 Å². The number of carbonyl (C=O) groups is 1. The maximum Gasteiger partial charge on any atom is 0.239 e. The molecule has 1 rings (SSSR count). The van der Waals surface area contributed by atoms with Crippen molar-refractivity contribution in [3.8, 4) is 0 Å². The average Bonchev–Trinajstić information content (AvgIpc) is 2.15. The molecule has 0 saturated heterocycles. The maximum absolute atomic E-state index is 11.0. The van der Waals surface area contributed by atoms with Gasteiger partial charge in [-0.05, 0) is 12.1 Å². The molecule has 0 spiro atoms. The first kappa shape index (κ1) is 12.6. The summed E-state index contributed by atoms with van der Waals surface area (Å²) in [6.07, 6.45) is 0. The monoisotopic (exact) mass is 310 g/mol. The van der Waals surface area contributed by atoms with E-state index in [0.29, 0.717) is 15.7 Å². The summed E-state index contributed by atoms with van der Waals surface area (Å²) in [6.45, 7) is 0.136. The molecule has 0 radical (unpaired) electrons. The van der Waals surface area contributed by atoms with Crippen LogP contribution in [0.4, 0.5) is 5.69 Å². The fourth-order valence-corrected chi connectivity index (χ4v) is 2.31. The van der Waals surface area contributed by atoms with Gasteiger partial charge in [0.15, 0.2) is 0 Å². The van der Waals surface area contributed by atoms with Crippen molar-refractivity contribution in [2.45, 2.75) is 0 Å². The molecule has 0 fully saturated rings. The second kappa shape index (κ2) is 5.58. The molecule has 3 nitrogen and oxygen atoms in total. The van der Waals surface area contributed by atoms with Gasteiger partial charge in [0.2, 0.25) is 5.91 Å². The number of hydrogen-bond acceptors (Lipinski definition) is 2. The Hall–Kier alpha value is -0.450. The number of anilines is 1. The van der Waals surface area contributed by atoms with Crippen molar-refractivity contribution in [3.63, 3.8) is 0 Å². The number of carbonyl (C=O) groups excluding carboxylic acids is 1. The molecule has 1 aromatic rings. The van der Waals surface area contributed by atoms with Crippen LogP contribution >= 0.6 is 39.1 Å². The van der Waals surface area contributed by atoms with Gasteiger partial charge in [-0.2, -0.15) is 0 Å². The fourth-order valence-electron chi connectivity index (χ4n) is 0.968. The minimum Gasteiger partial charge on any atom is -0.374 e. The van der Waals surface area contributed by atoms with E-state index in [2.05, 4.69) is 26.6 Å². The zero-order valence-corrected chi connectivity index (χ0v) is 11.0. The fraction of sp³-hybridized carbons (Fsp3) is 0.222. The van der Waals surface area contributed by atoms with E-state index in [-0.39, 0.29) is 12.5 Å². The molecule has 0 aliphatic carbocycles. The molecule has 0 atom stereocenters. The second-order valence-corrected chi connectivity index (χ2v) is 4.50. The van der Waals surface area contributed by atoms with Gasteiger partial charge < -0.3 is 10.6 Å². The minimum absolute atomic E-state index is 0.134. The number of amides is 1. The highest BCUT2D eigenvalue weighted by Crippen LogP contribution is 2.33. The number of hydrogen-bond donors (Lipinski definition) is 2. The molecule has 0 aromatic heterocycles. The van der Waals surface area contributed by atoms with Crippen molar-refractivity contribution in [2.24, 2.45) is 0 Å². The Bertz CT molecular complexity index is 361. The summed E-state index contributed by atoms with van der Waals surface area (Å²) in [5, 5.41) is 6.29. The Labute approximate surface area is 106 Å². The van der Waals surface area contributed by atoms with E-state index in [4.69, 9.17) is 23.2 Å². The molecular formula is C9H9BrCl2N2O. The molecule has 2 N–H and O–H groups in total. The van der Waals surface area contributed by atoms with E-state index in [0.717, 1.165) is 4.47 Å². The lowest BCUT2D eigenvalue weighted by Gasteiger charge is -2.09. The van der Waals surface area contributed by atoms with Gasteiger partial charge in [0.25, 0.3) is 0 Å². The minimum atomic E-state index is -0.134. The number of likely N-dealkylation sites (N-methyl/N-ethyl adjacent to an activating group) is 1.